The summed E-state index contributed by atoms with van der Waals surface area (Å²) in [5.74, 6) is 0.362. The van der Waals surface area contributed by atoms with E-state index in [0.29, 0.717) is 22.3 Å². The zero-order valence-electron chi connectivity index (χ0n) is 21.4. The Morgan fingerprint density at radius 1 is 0.762 bits per heavy atom. The van der Waals surface area contributed by atoms with Crippen LogP contribution in [-0.2, 0) is 36.7 Å². The van der Waals surface area contributed by atoms with Gasteiger partial charge in [0.2, 0.25) is 0 Å². The number of phosphoric acid groups is 1. The number of nitrogen functional groups attached to an aromatic ring is 2. The number of aromatic nitrogens is 8. The minimum atomic E-state index is -4.66. The molecule has 4 aromatic rings. The normalized spacial score (nSPS) is 36.0. The van der Waals surface area contributed by atoms with Crippen LogP contribution < -0.4 is 11.5 Å². The first kappa shape index (κ1) is 28.0. The van der Waals surface area contributed by atoms with Gasteiger partial charge in [-0.05, 0) is 0 Å². The van der Waals surface area contributed by atoms with E-state index in [9.17, 15) is 14.0 Å². The fourth-order valence-corrected chi connectivity index (χ4v) is 7.65. The van der Waals surface area contributed by atoms with Crippen molar-refractivity contribution in [3.63, 3.8) is 0 Å². The Bertz CT molecular complexity index is 1630. The zero-order chi connectivity index (χ0) is 29.2. The van der Waals surface area contributed by atoms with Crippen molar-refractivity contribution in [3.8, 4) is 0 Å². The topological polar surface area (TPSA) is 249 Å². The van der Waals surface area contributed by atoms with E-state index in [-0.39, 0.29) is 31.1 Å². The number of nitrogens with zero attached hydrogens (tertiary/aromatic N) is 8. The SMILES string of the molecule is Nc1ncnc2c1ncn2[C@H]1C[C@@H]2OP(=O)(O)OC[C@H]3O[C@@H](n4cnc5c(N)ncnc54)C[C@@H]3O[P@](=O)(S)OC[C@H]2O1. The van der Waals surface area contributed by atoms with Gasteiger partial charge in [0.05, 0.1) is 25.9 Å². The van der Waals surface area contributed by atoms with Crippen molar-refractivity contribution in [1.82, 2.24) is 39.0 Å². The number of fused-ring (bicyclic) bond motifs is 4. The summed E-state index contributed by atoms with van der Waals surface area (Å²) in [6, 6.07) is 0. The van der Waals surface area contributed by atoms with Crippen molar-refractivity contribution >= 4 is 60.8 Å². The fourth-order valence-electron chi connectivity index (χ4n) is 5.16. The number of hydrogen-bond acceptors (Lipinski definition) is 16. The molecule has 0 aromatic carbocycles. The summed E-state index contributed by atoms with van der Waals surface area (Å²) in [4.78, 5) is 35.3. The summed E-state index contributed by atoms with van der Waals surface area (Å²) in [6.07, 6.45) is 0.305. The van der Waals surface area contributed by atoms with Crippen molar-refractivity contribution < 1.29 is 41.6 Å². The molecule has 4 aromatic heterocycles. The lowest BCUT2D eigenvalue weighted by molar-refractivity contribution is -0.0601. The minimum Gasteiger partial charge on any atom is -0.382 e. The molecule has 0 radical (unpaired) electrons. The van der Waals surface area contributed by atoms with Crippen LogP contribution in [0.15, 0.2) is 25.3 Å². The Morgan fingerprint density at radius 2 is 1.26 bits per heavy atom. The number of hydrogen-bond donors (Lipinski definition) is 4. The van der Waals surface area contributed by atoms with Crippen molar-refractivity contribution in [2.45, 2.75) is 49.7 Å². The maximum absolute atomic E-state index is 13.3. The monoisotopic (exact) mass is 642 g/mol. The minimum absolute atomic E-state index is 0.0678. The predicted octanol–water partition coefficient (Wildman–Crippen LogP) is 1.36. The van der Waals surface area contributed by atoms with E-state index in [1.165, 1.54) is 25.3 Å². The largest absolute Gasteiger partial charge is 0.472 e. The second-order valence-electron chi connectivity index (χ2n) is 9.71. The summed E-state index contributed by atoms with van der Waals surface area (Å²) in [5.41, 5.74) is 13.3. The van der Waals surface area contributed by atoms with Crippen LogP contribution in [0.5, 0.6) is 0 Å². The molecule has 3 saturated heterocycles. The molecule has 0 aliphatic carbocycles. The van der Waals surface area contributed by atoms with Gasteiger partial charge in [-0.15, -0.1) is 0 Å². The quantitative estimate of drug-likeness (QED) is 0.178. The summed E-state index contributed by atoms with van der Waals surface area (Å²) >= 11 is 4.16. The van der Waals surface area contributed by atoms with Gasteiger partial charge >= 0.3 is 14.6 Å². The molecule has 3 aliphatic rings. The summed E-state index contributed by atoms with van der Waals surface area (Å²) in [6.45, 7) is -4.81. The summed E-state index contributed by atoms with van der Waals surface area (Å²) in [5, 5.41) is 0. The van der Waals surface area contributed by atoms with Crippen molar-refractivity contribution in [1.29, 1.82) is 0 Å². The van der Waals surface area contributed by atoms with E-state index < -0.39 is 58.1 Å². The highest BCUT2D eigenvalue weighted by atomic mass is 32.7. The molecule has 19 nitrogen and oxygen atoms in total. The van der Waals surface area contributed by atoms with E-state index in [1.54, 1.807) is 9.13 Å². The first-order valence-corrected chi connectivity index (χ1v) is 16.7. The van der Waals surface area contributed by atoms with Crippen LogP contribution in [0.4, 0.5) is 11.6 Å². The molecule has 3 aliphatic heterocycles. The highest BCUT2D eigenvalue weighted by Gasteiger charge is 2.47. The van der Waals surface area contributed by atoms with E-state index in [4.69, 9.17) is 39.0 Å². The van der Waals surface area contributed by atoms with Crippen molar-refractivity contribution in [3.05, 3.63) is 25.3 Å². The molecule has 22 heteroatoms. The molecular weight excluding hydrogens is 618 g/mol. The maximum atomic E-state index is 13.3. The maximum Gasteiger partial charge on any atom is 0.472 e. The molecule has 0 amide bonds. The van der Waals surface area contributed by atoms with Crippen LogP contribution in [0, 0.1) is 0 Å². The molecule has 42 heavy (non-hydrogen) atoms. The van der Waals surface area contributed by atoms with Crippen LogP contribution in [0.1, 0.15) is 25.3 Å². The van der Waals surface area contributed by atoms with Crippen LogP contribution in [0.2, 0.25) is 0 Å². The Kier molecular flexibility index (Phi) is 6.97. The predicted molar refractivity (Wildman–Crippen MR) is 145 cm³/mol. The van der Waals surface area contributed by atoms with E-state index >= 15 is 0 Å². The fraction of sp³-hybridized carbons (Fsp3) is 0.500. The molecule has 224 valence electrons. The number of rotatable bonds is 2. The Labute approximate surface area is 241 Å². The first-order valence-electron chi connectivity index (χ1n) is 12.6. The lowest BCUT2D eigenvalue weighted by atomic mass is 10.2. The van der Waals surface area contributed by atoms with Gasteiger partial charge in [0.15, 0.2) is 22.9 Å². The molecule has 8 atom stereocenters. The first-order chi connectivity index (χ1) is 20.1. The lowest BCUT2D eigenvalue weighted by Gasteiger charge is -2.27. The molecular formula is C20H24N10O9P2S. The van der Waals surface area contributed by atoms with Crippen LogP contribution in [0.3, 0.4) is 0 Å². The summed E-state index contributed by atoms with van der Waals surface area (Å²) < 4.78 is 63.9. The number of ether oxygens (including phenoxy) is 2. The number of nitrogens with two attached hydrogens (primary N) is 2. The lowest BCUT2D eigenvalue weighted by Crippen LogP contribution is -2.32. The van der Waals surface area contributed by atoms with Gasteiger partial charge in [-0.2, -0.15) is 0 Å². The second-order valence-corrected chi connectivity index (χ2v) is 14.0. The molecule has 0 spiro atoms. The van der Waals surface area contributed by atoms with Gasteiger partial charge in [-0.1, -0.05) is 12.2 Å². The smallest absolute Gasteiger partial charge is 0.382 e. The van der Waals surface area contributed by atoms with Crippen LogP contribution in [0.25, 0.3) is 22.3 Å². The Hall–Kier alpha value is -2.77. The Morgan fingerprint density at radius 3 is 1.81 bits per heavy atom. The van der Waals surface area contributed by atoms with Gasteiger partial charge in [0.1, 0.15) is 60.6 Å². The van der Waals surface area contributed by atoms with Gasteiger partial charge < -0.3 is 25.8 Å². The number of thiol groups is 1. The van der Waals surface area contributed by atoms with Gasteiger partial charge in [-0.25, -0.2) is 39.0 Å². The standard InChI is InChI=1S/C20H24N10O9P2S/c21-17-15-19(25-5-23-17)29(7-27-15)13-1-9-12(37-13)4-35-41(33,42)39-10-2-14(36-11(10)3-34-40(31,32)38-9)30-8-28-16-18(22)24-6-26-20(16)30/h5-14H,1-4H2,(H,31,32)(H,33,42)(H2,21,23,25)(H2,22,24,26)/t9-,10-,11+,12+,13+,14+,41+/m0/s1. The molecule has 7 rings (SSSR count). The van der Waals surface area contributed by atoms with Gasteiger partial charge in [0, 0.05) is 12.8 Å². The van der Waals surface area contributed by atoms with Crippen LogP contribution >= 0.6 is 26.9 Å². The van der Waals surface area contributed by atoms with Gasteiger partial charge in [0.25, 0.3) is 0 Å². The molecule has 7 heterocycles. The van der Waals surface area contributed by atoms with E-state index in [1.807, 2.05) is 0 Å². The third-order valence-corrected chi connectivity index (χ3v) is 9.75. The Balaban J connectivity index is 1.12. The van der Waals surface area contributed by atoms with E-state index in [0.717, 1.165) is 0 Å². The molecule has 3 fully saturated rings. The highest BCUT2D eigenvalue weighted by Crippen LogP contribution is 2.58. The van der Waals surface area contributed by atoms with E-state index in [2.05, 4.69) is 42.2 Å². The molecule has 1 unspecified atom stereocenters. The average molecular weight is 642 g/mol. The van der Waals surface area contributed by atoms with Gasteiger partial charge in [-0.3, -0.25) is 27.2 Å². The number of anilines is 2. The second kappa shape index (κ2) is 10.4. The zero-order valence-corrected chi connectivity index (χ0v) is 24.1. The average Bonchev–Trinajstić information content (AvgIpc) is 3.71. The van der Waals surface area contributed by atoms with Crippen molar-refractivity contribution in [2.75, 3.05) is 24.7 Å². The number of phosphoric ester groups is 1. The number of imidazole rings is 2. The third-order valence-electron chi connectivity index (χ3n) is 7.10. The third kappa shape index (κ3) is 5.17. The van der Waals surface area contributed by atoms with Crippen molar-refractivity contribution in [2.24, 2.45) is 0 Å². The molecule has 5 N–H and O–H groups in total. The highest BCUT2D eigenvalue weighted by molar-refractivity contribution is 8.44. The summed E-state index contributed by atoms with van der Waals surface area (Å²) in [7, 11) is -4.66. The molecule has 0 saturated carbocycles. The molecule has 0 bridgehead atoms. The van der Waals surface area contributed by atoms with Crippen LogP contribution in [-0.4, -0.2) is 81.6 Å².